The van der Waals surface area contributed by atoms with Crippen molar-refractivity contribution in [3.63, 3.8) is 0 Å². The normalized spacial score (nSPS) is 22.1. The molecule has 1 saturated heterocycles. The number of nitrogens with one attached hydrogen (secondary N) is 1. The first-order valence-electron chi connectivity index (χ1n) is 15.0. The van der Waals surface area contributed by atoms with Crippen molar-refractivity contribution in [3.05, 3.63) is 35.9 Å². The topological polar surface area (TPSA) is 165 Å². The van der Waals surface area contributed by atoms with Crippen LogP contribution in [0.25, 0.3) is 0 Å². The van der Waals surface area contributed by atoms with Crippen molar-refractivity contribution in [1.82, 2.24) is 5.32 Å². The lowest BCUT2D eigenvalue weighted by molar-refractivity contribution is -0.277. The summed E-state index contributed by atoms with van der Waals surface area (Å²) in [5.74, 6) is -2.34. The van der Waals surface area contributed by atoms with E-state index >= 15 is 0 Å². The van der Waals surface area contributed by atoms with Gasteiger partial charge in [-0.15, -0.1) is 0 Å². The average Bonchev–Trinajstić information content (AvgIpc) is 2.95. The van der Waals surface area contributed by atoms with Gasteiger partial charge in [0.1, 0.15) is 24.9 Å². The summed E-state index contributed by atoms with van der Waals surface area (Å²) in [7, 11) is 0. The van der Waals surface area contributed by atoms with Crippen LogP contribution in [0.4, 0.5) is 0 Å². The van der Waals surface area contributed by atoms with Gasteiger partial charge in [0, 0.05) is 40.9 Å². The molecule has 1 aromatic rings. The van der Waals surface area contributed by atoms with Gasteiger partial charge in [-0.2, -0.15) is 0 Å². The molecule has 1 amide bonds. The highest BCUT2D eigenvalue weighted by Gasteiger charge is 2.51. The number of carbonyl (C=O) groups excluding carboxylic acids is 4. The third kappa shape index (κ3) is 15.1. The van der Waals surface area contributed by atoms with Crippen molar-refractivity contribution in [1.29, 1.82) is 0 Å². The number of benzene rings is 1. The number of aliphatic hydroxyl groups is 1. The van der Waals surface area contributed by atoms with Gasteiger partial charge in [0.25, 0.3) is 0 Å². The van der Waals surface area contributed by atoms with Crippen molar-refractivity contribution in [3.8, 4) is 0 Å². The maximum atomic E-state index is 12.0. The van der Waals surface area contributed by atoms with Gasteiger partial charge < -0.3 is 43.6 Å². The monoisotopic (exact) mass is 625 g/mol. The van der Waals surface area contributed by atoms with Gasteiger partial charge in [-0.3, -0.25) is 19.2 Å². The summed E-state index contributed by atoms with van der Waals surface area (Å²) in [6, 6.07) is 8.77. The fourth-order valence-corrected chi connectivity index (χ4v) is 4.62. The van der Waals surface area contributed by atoms with Gasteiger partial charge in [-0.1, -0.05) is 49.6 Å². The molecule has 0 spiro atoms. The largest absolute Gasteiger partial charge is 0.463 e. The number of hydrogen-bond acceptors (Lipinski definition) is 12. The molecule has 13 nitrogen and oxygen atoms in total. The number of unbranched alkanes of at least 4 members (excludes halogenated alkanes) is 4. The Balaban J connectivity index is 1.74. The third-order valence-corrected chi connectivity index (χ3v) is 6.52. The number of hydrogen-bond donors (Lipinski definition) is 2. The van der Waals surface area contributed by atoms with Gasteiger partial charge in [-0.05, 0) is 18.4 Å². The summed E-state index contributed by atoms with van der Waals surface area (Å²) in [6.07, 6.45) is -0.812. The molecule has 0 radical (unpaired) electrons. The standard InChI is InChI=1S/C31H47NO12/c1-21(33)32-28-30(43-24(4)36)29(42-23(3)35)27(20-41-22(2)34)44-31(28)40-16-12-7-5-6-11-15-38-18-26(37)19-39-17-25-13-9-8-10-14-25/h8-10,13-14,26-31,37H,5-7,11-12,15-20H2,1-4H3,(H,32,33)/t26-,27+,28+,29-,30+,31+/m0/s1. The Labute approximate surface area is 258 Å². The molecular weight excluding hydrogens is 578 g/mol. The Kier molecular flexibility index (Phi) is 17.5. The van der Waals surface area contributed by atoms with E-state index in [2.05, 4.69) is 5.32 Å². The summed E-state index contributed by atoms with van der Waals surface area (Å²) < 4.78 is 39.0. The van der Waals surface area contributed by atoms with E-state index in [0.29, 0.717) is 19.6 Å². The smallest absolute Gasteiger partial charge is 0.303 e. The van der Waals surface area contributed by atoms with Crippen LogP contribution in [0.3, 0.4) is 0 Å². The highest BCUT2D eigenvalue weighted by molar-refractivity contribution is 5.73. The van der Waals surface area contributed by atoms with Crippen LogP contribution in [0.2, 0.25) is 0 Å². The molecule has 0 saturated carbocycles. The molecule has 1 heterocycles. The number of rotatable bonds is 20. The number of carbonyl (C=O) groups is 4. The van der Waals surface area contributed by atoms with E-state index in [1.165, 1.54) is 27.7 Å². The van der Waals surface area contributed by atoms with Crippen LogP contribution in [-0.2, 0) is 58.9 Å². The molecule has 248 valence electrons. The Morgan fingerprint density at radius 2 is 1.43 bits per heavy atom. The fraction of sp³-hybridized carbons (Fsp3) is 0.677. The molecule has 6 atom stereocenters. The molecule has 1 aromatic carbocycles. The number of aliphatic hydroxyl groups excluding tert-OH is 1. The van der Waals surface area contributed by atoms with Crippen LogP contribution in [0.5, 0.6) is 0 Å². The molecule has 0 aromatic heterocycles. The summed E-state index contributed by atoms with van der Waals surface area (Å²) in [5, 5.41) is 12.7. The zero-order valence-corrected chi connectivity index (χ0v) is 26.1. The Hall–Kier alpha value is -3.10. The Morgan fingerprint density at radius 3 is 2.07 bits per heavy atom. The first kappa shape index (κ1) is 37.1. The lowest BCUT2D eigenvalue weighted by Gasteiger charge is -2.44. The van der Waals surface area contributed by atoms with Gasteiger partial charge in [0.15, 0.2) is 18.5 Å². The van der Waals surface area contributed by atoms with Crippen molar-refractivity contribution >= 4 is 23.8 Å². The van der Waals surface area contributed by atoms with E-state index in [9.17, 15) is 24.3 Å². The number of esters is 3. The van der Waals surface area contributed by atoms with Crippen molar-refractivity contribution in [2.75, 3.05) is 33.0 Å². The molecule has 1 aliphatic rings. The third-order valence-electron chi connectivity index (χ3n) is 6.52. The van der Waals surface area contributed by atoms with Gasteiger partial charge >= 0.3 is 17.9 Å². The second-order valence-electron chi connectivity index (χ2n) is 10.6. The van der Waals surface area contributed by atoms with E-state index in [1.807, 2.05) is 30.3 Å². The lowest BCUT2D eigenvalue weighted by atomic mass is 9.96. The summed E-state index contributed by atoms with van der Waals surface area (Å²) in [5.41, 5.74) is 1.05. The average molecular weight is 626 g/mol. The highest BCUT2D eigenvalue weighted by atomic mass is 16.7. The summed E-state index contributed by atoms with van der Waals surface area (Å²) in [6.45, 7) is 6.28. The maximum Gasteiger partial charge on any atom is 0.303 e. The summed E-state index contributed by atoms with van der Waals surface area (Å²) >= 11 is 0. The first-order chi connectivity index (χ1) is 21.1. The van der Waals surface area contributed by atoms with Crippen molar-refractivity contribution < 1.29 is 57.4 Å². The molecule has 44 heavy (non-hydrogen) atoms. The van der Waals surface area contributed by atoms with Crippen LogP contribution in [0.15, 0.2) is 30.3 Å². The minimum absolute atomic E-state index is 0.207. The lowest BCUT2D eigenvalue weighted by Crippen LogP contribution is -2.66. The molecule has 2 rings (SSSR count). The second-order valence-corrected chi connectivity index (χ2v) is 10.6. The molecule has 1 aliphatic heterocycles. The van der Waals surface area contributed by atoms with E-state index < -0.39 is 60.6 Å². The van der Waals surface area contributed by atoms with E-state index in [0.717, 1.165) is 31.2 Å². The molecule has 1 fully saturated rings. The van der Waals surface area contributed by atoms with Crippen LogP contribution in [-0.4, -0.2) is 98.7 Å². The van der Waals surface area contributed by atoms with Crippen LogP contribution < -0.4 is 5.32 Å². The Morgan fingerprint density at radius 1 is 0.818 bits per heavy atom. The highest BCUT2D eigenvalue weighted by Crippen LogP contribution is 2.28. The van der Waals surface area contributed by atoms with Gasteiger partial charge in [0.2, 0.25) is 5.91 Å². The minimum Gasteiger partial charge on any atom is -0.463 e. The Bertz CT molecular complexity index is 1010. The molecule has 0 unspecified atom stereocenters. The zero-order chi connectivity index (χ0) is 32.3. The van der Waals surface area contributed by atoms with Gasteiger partial charge in [0.05, 0.1) is 19.8 Å². The molecule has 0 aliphatic carbocycles. The number of amides is 1. The summed E-state index contributed by atoms with van der Waals surface area (Å²) in [4.78, 5) is 47.2. The molecule has 2 N–H and O–H groups in total. The van der Waals surface area contributed by atoms with Crippen molar-refractivity contribution in [2.45, 2.75) is 103 Å². The fourth-order valence-electron chi connectivity index (χ4n) is 4.62. The predicted octanol–water partition coefficient (Wildman–Crippen LogP) is 2.20. The first-order valence-corrected chi connectivity index (χ1v) is 15.0. The predicted molar refractivity (Wildman–Crippen MR) is 156 cm³/mol. The molecule has 0 bridgehead atoms. The SMILES string of the molecule is CC(=O)N[C@H]1[C@H](OCCCCCCCOC[C@H](O)COCc2ccccc2)O[C@H](COC(C)=O)[C@H](OC(C)=O)[C@@H]1OC(C)=O. The second kappa shape index (κ2) is 20.8. The molecule has 13 heteroatoms. The minimum atomic E-state index is -1.16. The van der Waals surface area contributed by atoms with E-state index in [1.54, 1.807) is 0 Å². The van der Waals surface area contributed by atoms with E-state index in [4.69, 9.17) is 33.2 Å². The van der Waals surface area contributed by atoms with Crippen LogP contribution >= 0.6 is 0 Å². The maximum absolute atomic E-state index is 12.0. The number of ether oxygens (including phenoxy) is 7. The quantitative estimate of drug-likeness (QED) is 0.123. The van der Waals surface area contributed by atoms with Crippen molar-refractivity contribution in [2.24, 2.45) is 0 Å². The van der Waals surface area contributed by atoms with E-state index in [-0.39, 0.29) is 26.4 Å². The molecular formula is C31H47NO12. The van der Waals surface area contributed by atoms with Crippen LogP contribution in [0.1, 0.15) is 65.4 Å². The van der Waals surface area contributed by atoms with Gasteiger partial charge in [-0.25, -0.2) is 0 Å². The van der Waals surface area contributed by atoms with Crippen LogP contribution in [0, 0.1) is 0 Å². The zero-order valence-electron chi connectivity index (χ0n) is 26.1.